The summed E-state index contributed by atoms with van der Waals surface area (Å²) >= 11 is 1.47. The van der Waals surface area contributed by atoms with Gasteiger partial charge in [0.25, 0.3) is 0 Å². The van der Waals surface area contributed by atoms with Crippen LogP contribution in [0, 0.1) is 5.92 Å². The van der Waals surface area contributed by atoms with Crippen molar-refractivity contribution in [2.24, 2.45) is 5.92 Å². The summed E-state index contributed by atoms with van der Waals surface area (Å²) in [5.41, 5.74) is 2.34. The van der Waals surface area contributed by atoms with Gasteiger partial charge in [-0.3, -0.25) is 4.79 Å². The molecule has 4 rings (SSSR count). The standard InChI is InChI=1S/C21H21NO5S/c1-12-3-6-14-17(9-12)28-20(19(14)21(24)25-2)22-18(23)8-5-13-4-7-15-16(10-13)27-11-26-15/h4-5,7-8,10,12H,3,6,9,11H2,1-2H3,(H,22,23)/b8-5+. The second-order valence-electron chi connectivity index (χ2n) is 6.98. The minimum atomic E-state index is -0.401. The minimum absolute atomic E-state index is 0.209. The minimum Gasteiger partial charge on any atom is -0.465 e. The third kappa shape index (κ3) is 3.62. The molecule has 0 spiro atoms. The number of thiophene rings is 1. The molecule has 2 aromatic rings. The maximum atomic E-state index is 12.5. The molecule has 0 saturated heterocycles. The Morgan fingerprint density at radius 1 is 1.29 bits per heavy atom. The van der Waals surface area contributed by atoms with Crippen LogP contribution in [0.1, 0.15) is 39.7 Å². The van der Waals surface area contributed by atoms with E-state index >= 15 is 0 Å². The van der Waals surface area contributed by atoms with E-state index in [9.17, 15) is 9.59 Å². The van der Waals surface area contributed by atoms with Gasteiger partial charge in [0, 0.05) is 11.0 Å². The van der Waals surface area contributed by atoms with Crippen LogP contribution >= 0.6 is 11.3 Å². The van der Waals surface area contributed by atoms with Gasteiger partial charge in [-0.15, -0.1) is 11.3 Å². The molecular formula is C21H21NO5S. The number of anilines is 1. The van der Waals surface area contributed by atoms with Crippen molar-refractivity contribution in [1.82, 2.24) is 0 Å². The Bertz CT molecular complexity index is 962. The summed E-state index contributed by atoms with van der Waals surface area (Å²) in [7, 11) is 1.36. The highest BCUT2D eigenvalue weighted by Gasteiger charge is 2.28. The van der Waals surface area contributed by atoms with Crippen molar-refractivity contribution in [2.75, 3.05) is 19.2 Å². The van der Waals surface area contributed by atoms with E-state index in [2.05, 4.69) is 12.2 Å². The van der Waals surface area contributed by atoms with Crippen LogP contribution in [0.4, 0.5) is 5.00 Å². The van der Waals surface area contributed by atoms with E-state index in [-0.39, 0.29) is 12.7 Å². The van der Waals surface area contributed by atoms with Gasteiger partial charge in [-0.05, 0) is 54.5 Å². The maximum absolute atomic E-state index is 12.5. The van der Waals surface area contributed by atoms with E-state index in [0.29, 0.717) is 28.0 Å². The predicted molar refractivity (Wildman–Crippen MR) is 107 cm³/mol. The van der Waals surface area contributed by atoms with Gasteiger partial charge in [0.2, 0.25) is 12.7 Å². The summed E-state index contributed by atoms with van der Waals surface area (Å²) in [6.45, 7) is 2.41. The Labute approximate surface area is 167 Å². The lowest BCUT2D eigenvalue weighted by atomic mass is 9.88. The quantitative estimate of drug-likeness (QED) is 0.620. The Morgan fingerprint density at radius 2 is 2.11 bits per heavy atom. The summed E-state index contributed by atoms with van der Waals surface area (Å²) in [5.74, 6) is 1.24. The third-order valence-corrected chi connectivity index (χ3v) is 6.13. The summed E-state index contributed by atoms with van der Waals surface area (Å²) in [4.78, 5) is 25.9. The normalized spacial score (nSPS) is 17.4. The monoisotopic (exact) mass is 399 g/mol. The summed E-state index contributed by atoms with van der Waals surface area (Å²) in [5, 5.41) is 3.42. The fourth-order valence-electron chi connectivity index (χ4n) is 3.50. The van der Waals surface area contributed by atoms with Crippen LogP contribution in [0.5, 0.6) is 11.5 Å². The zero-order valence-corrected chi connectivity index (χ0v) is 16.6. The van der Waals surface area contributed by atoms with Crippen molar-refractivity contribution >= 4 is 34.3 Å². The smallest absolute Gasteiger partial charge is 0.341 e. The molecule has 1 unspecified atom stereocenters. The van der Waals surface area contributed by atoms with E-state index < -0.39 is 5.97 Å². The Morgan fingerprint density at radius 3 is 2.93 bits per heavy atom. The van der Waals surface area contributed by atoms with Crippen molar-refractivity contribution in [3.8, 4) is 11.5 Å². The number of hydrogen-bond donors (Lipinski definition) is 1. The lowest BCUT2D eigenvalue weighted by molar-refractivity contribution is -0.111. The number of benzene rings is 1. The van der Waals surface area contributed by atoms with E-state index in [1.807, 2.05) is 18.2 Å². The molecule has 6 nitrogen and oxygen atoms in total. The highest BCUT2D eigenvalue weighted by atomic mass is 32.1. The van der Waals surface area contributed by atoms with E-state index in [0.717, 1.165) is 35.3 Å². The first kappa shape index (κ1) is 18.6. The summed E-state index contributed by atoms with van der Waals surface area (Å²) < 4.78 is 15.6. The first-order chi connectivity index (χ1) is 13.5. The second-order valence-corrected chi connectivity index (χ2v) is 8.09. The molecule has 0 saturated carbocycles. The number of rotatable bonds is 4. The predicted octanol–water partition coefficient (Wildman–Crippen LogP) is 4.04. The molecule has 2 heterocycles. The van der Waals surface area contributed by atoms with Crippen molar-refractivity contribution in [3.63, 3.8) is 0 Å². The molecule has 1 atom stereocenters. The van der Waals surface area contributed by atoms with Crippen molar-refractivity contribution < 1.29 is 23.8 Å². The Balaban J connectivity index is 1.53. The molecule has 146 valence electrons. The van der Waals surface area contributed by atoms with Crippen LogP contribution in [0.2, 0.25) is 0 Å². The molecule has 1 N–H and O–H groups in total. The number of hydrogen-bond acceptors (Lipinski definition) is 6. The molecule has 1 aromatic heterocycles. The molecule has 0 fully saturated rings. The summed E-state index contributed by atoms with van der Waals surface area (Å²) in [6.07, 6.45) is 5.93. The lowest BCUT2D eigenvalue weighted by Crippen LogP contribution is -2.14. The van der Waals surface area contributed by atoms with E-state index in [1.54, 1.807) is 6.08 Å². The molecule has 1 aliphatic heterocycles. The zero-order chi connectivity index (χ0) is 19.7. The van der Waals surface area contributed by atoms with Gasteiger partial charge in [0.15, 0.2) is 11.5 Å². The molecule has 1 aromatic carbocycles. The van der Waals surface area contributed by atoms with Crippen LogP contribution in [0.15, 0.2) is 24.3 Å². The molecular weight excluding hydrogens is 378 g/mol. The molecule has 28 heavy (non-hydrogen) atoms. The van der Waals surface area contributed by atoms with Crippen molar-refractivity contribution in [1.29, 1.82) is 0 Å². The van der Waals surface area contributed by atoms with Crippen LogP contribution < -0.4 is 14.8 Å². The van der Waals surface area contributed by atoms with Crippen molar-refractivity contribution in [3.05, 3.63) is 45.8 Å². The highest BCUT2D eigenvalue weighted by Crippen LogP contribution is 2.40. The van der Waals surface area contributed by atoms with Crippen LogP contribution in [0.25, 0.3) is 6.08 Å². The highest BCUT2D eigenvalue weighted by molar-refractivity contribution is 7.17. The number of esters is 1. The SMILES string of the molecule is COC(=O)c1c(NC(=O)/C=C/c2ccc3c(c2)OCO3)sc2c1CCC(C)C2. The zero-order valence-electron chi connectivity index (χ0n) is 15.7. The van der Waals surface area contributed by atoms with Gasteiger partial charge in [-0.2, -0.15) is 0 Å². The first-order valence-electron chi connectivity index (χ1n) is 9.16. The third-order valence-electron chi connectivity index (χ3n) is 4.96. The number of amides is 1. The maximum Gasteiger partial charge on any atom is 0.341 e. The van der Waals surface area contributed by atoms with Gasteiger partial charge in [0.05, 0.1) is 12.7 Å². The molecule has 2 aliphatic rings. The molecule has 0 bridgehead atoms. The number of nitrogens with one attached hydrogen (secondary N) is 1. The van der Waals surface area contributed by atoms with Gasteiger partial charge in [-0.25, -0.2) is 4.79 Å². The fraction of sp³-hybridized carbons (Fsp3) is 0.333. The van der Waals surface area contributed by atoms with Crippen LogP contribution in [0.3, 0.4) is 0 Å². The van der Waals surface area contributed by atoms with Gasteiger partial charge in [0.1, 0.15) is 5.00 Å². The Hall–Kier alpha value is -2.80. The fourth-order valence-corrected chi connectivity index (χ4v) is 4.90. The number of fused-ring (bicyclic) bond motifs is 2. The van der Waals surface area contributed by atoms with Gasteiger partial charge in [-0.1, -0.05) is 13.0 Å². The number of methoxy groups -OCH3 is 1. The lowest BCUT2D eigenvalue weighted by Gasteiger charge is -2.18. The average molecular weight is 399 g/mol. The molecule has 0 radical (unpaired) electrons. The van der Waals surface area contributed by atoms with Gasteiger partial charge >= 0.3 is 5.97 Å². The number of carbonyl (C=O) groups is 2. The summed E-state index contributed by atoms with van der Waals surface area (Å²) in [6, 6.07) is 5.48. The molecule has 7 heteroatoms. The van der Waals surface area contributed by atoms with Crippen LogP contribution in [-0.2, 0) is 22.4 Å². The largest absolute Gasteiger partial charge is 0.465 e. The molecule has 1 aliphatic carbocycles. The average Bonchev–Trinajstić information content (AvgIpc) is 3.28. The van der Waals surface area contributed by atoms with Crippen LogP contribution in [-0.4, -0.2) is 25.8 Å². The van der Waals surface area contributed by atoms with Crippen molar-refractivity contribution in [2.45, 2.75) is 26.2 Å². The number of ether oxygens (including phenoxy) is 3. The molecule has 1 amide bonds. The van der Waals surface area contributed by atoms with E-state index in [4.69, 9.17) is 14.2 Å². The van der Waals surface area contributed by atoms with E-state index in [1.165, 1.54) is 24.5 Å². The number of carbonyl (C=O) groups excluding carboxylic acids is 2. The second kappa shape index (κ2) is 7.67. The Kier molecular flexibility index (Phi) is 5.09. The van der Waals surface area contributed by atoms with Gasteiger partial charge < -0.3 is 19.5 Å². The topological polar surface area (TPSA) is 73.9 Å². The first-order valence-corrected chi connectivity index (χ1v) is 9.98.